The molecular formula is C11H14N2O4S. The van der Waals surface area contributed by atoms with Gasteiger partial charge in [0.25, 0.3) is 11.8 Å². The Morgan fingerprint density at radius 1 is 1.17 bits per heavy atom. The predicted molar refractivity (Wildman–Crippen MR) is 66.4 cm³/mol. The van der Waals surface area contributed by atoms with Gasteiger partial charge in [0.15, 0.2) is 0 Å². The van der Waals surface area contributed by atoms with E-state index in [1.807, 2.05) is 4.72 Å². The van der Waals surface area contributed by atoms with Crippen molar-refractivity contribution in [2.24, 2.45) is 0 Å². The molecule has 0 heterocycles. The molecule has 0 saturated heterocycles. The summed E-state index contributed by atoms with van der Waals surface area (Å²) in [5.74, 6) is -1.38. The van der Waals surface area contributed by atoms with Crippen LogP contribution in [0.25, 0.3) is 0 Å². The smallest absolute Gasteiger partial charge is 0.252 e. The first-order chi connectivity index (χ1) is 8.44. The van der Waals surface area contributed by atoms with E-state index in [-0.39, 0.29) is 12.3 Å². The molecule has 98 valence electrons. The van der Waals surface area contributed by atoms with E-state index in [1.165, 1.54) is 6.92 Å². The number of sulfonamides is 1. The second-order valence-electron chi connectivity index (χ2n) is 3.48. The molecule has 1 aromatic rings. The third-order valence-electron chi connectivity index (χ3n) is 2.09. The topological polar surface area (TPSA) is 92.3 Å². The summed E-state index contributed by atoms with van der Waals surface area (Å²) in [4.78, 5) is 22.8. The first-order valence-corrected chi connectivity index (χ1v) is 6.96. The van der Waals surface area contributed by atoms with Crippen LogP contribution in [0.15, 0.2) is 30.3 Å². The van der Waals surface area contributed by atoms with Gasteiger partial charge in [0, 0.05) is 5.56 Å². The van der Waals surface area contributed by atoms with Gasteiger partial charge < -0.3 is 5.32 Å². The van der Waals surface area contributed by atoms with E-state index in [1.54, 1.807) is 30.3 Å². The lowest BCUT2D eigenvalue weighted by Crippen LogP contribution is -2.40. The molecular weight excluding hydrogens is 256 g/mol. The van der Waals surface area contributed by atoms with E-state index in [0.29, 0.717) is 5.56 Å². The molecule has 0 fully saturated rings. The van der Waals surface area contributed by atoms with Crippen molar-refractivity contribution in [1.29, 1.82) is 0 Å². The number of carbonyl (C=O) groups excluding carboxylic acids is 2. The fourth-order valence-corrected chi connectivity index (χ4v) is 1.70. The van der Waals surface area contributed by atoms with Crippen LogP contribution in [0.3, 0.4) is 0 Å². The predicted octanol–water partition coefficient (Wildman–Crippen LogP) is -0.118. The largest absolute Gasteiger partial charge is 0.343 e. The van der Waals surface area contributed by atoms with Crippen molar-refractivity contribution in [1.82, 2.24) is 10.0 Å². The van der Waals surface area contributed by atoms with Gasteiger partial charge in [0.1, 0.15) is 0 Å². The molecule has 0 saturated carbocycles. The summed E-state index contributed by atoms with van der Waals surface area (Å²) in [6.45, 7) is 1.03. The maximum atomic E-state index is 11.5. The number of rotatable bonds is 5. The minimum absolute atomic E-state index is 0.189. The summed E-state index contributed by atoms with van der Waals surface area (Å²) in [7, 11) is -3.58. The van der Waals surface area contributed by atoms with Crippen LogP contribution in [-0.4, -0.2) is 32.5 Å². The molecule has 1 rings (SSSR count). The normalized spacial score (nSPS) is 10.7. The van der Waals surface area contributed by atoms with Crippen molar-refractivity contribution in [3.8, 4) is 0 Å². The molecule has 2 amide bonds. The molecule has 0 atom stereocenters. The summed E-state index contributed by atoms with van der Waals surface area (Å²) in [5, 5.41) is 2.33. The van der Waals surface area contributed by atoms with E-state index in [4.69, 9.17) is 0 Å². The Morgan fingerprint density at radius 2 is 1.78 bits per heavy atom. The molecule has 0 unspecified atom stereocenters. The number of nitrogens with one attached hydrogen (secondary N) is 2. The van der Waals surface area contributed by atoms with Crippen molar-refractivity contribution in [3.63, 3.8) is 0 Å². The lowest BCUT2D eigenvalue weighted by Gasteiger charge is -2.06. The molecule has 0 spiro atoms. The highest BCUT2D eigenvalue weighted by atomic mass is 32.2. The van der Waals surface area contributed by atoms with Gasteiger partial charge in [0.05, 0.1) is 12.3 Å². The van der Waals surface area contributed by atoms with Crippen molar-refractivity contribution >= 4 is 21.8 Å². The van der Waals surface area contributed by atoms with Crippen molar-refractivity contribution < 1.29 is 18.0 Å². The zero-order valence-corrected chi connectivity index (χ0v) is 10.7. The Hall–Kier alpha value is -1.89. The van der Waals surface area contributed by atoms with Gasteiger partial charge in [-0.15, -0.1) is 0 Å². The third kappa shape index (κ3) is 4.54. The lowest BCUT2D eigenvalue weighted by atomic mass is 10.2. The Kier molecular flexibility index (Phi) is 4.85. The van der Waals surface area contributed by atoms with Crippen LogP contribution >= 0.6 is 0 Å². The minimum atomic E-state index is -3.58. The van der Waals surface area contributed by atoms with Crippen LogP contribution < -0.4 is 10.0 Å². The second-order valence-corrected chi connectivity index (χ2v) is 5.49. The van der Waals surface area contributed by atoms with Crippen LogP contribution in [-0.2, 0) is 14.8 Å². The second kappa shape index (κ2) is 6.15. The molecule has 0 aliphatic carbocycles. The Bertz CT molecular complexity index is 525. The highest BCUT2D eigenvalue weighted by molar-refractivity contribution is 7.90. The number of hydrogen-bond acceptors (Lipinski definition) is 4. The van der Waals surface area contributed by atoms with Gasteiger partial charge in [-0.1, -0.05) is 18.2 Å². The summed E-state index contributed by atoms with van der Waals surface area (Å²) >= 11 is 0. The number of carbonyl (C=O) groups is 2. The van der Waals surface area contributed by atoms with E-state index in [0.717, 1.165) is 0 Å². The molecule has 0 radical (unpaired) electrons. The quantitative estimate of drug-likeness (QED) is 0.780. The van der Waals surface area contributed by atoms with E-state index >= 15 is 0 Å². The first-order valence-electron chi connectivity index (χ1n) is 5.31. The van der Waals surface area contributed by atoms with E-state index in [2.05, 4.69) is 5.32 Å². The van der Waals surface area contributed by atoms with Crippen molar-refractivity contribution in [3.05, 3.63) is 35.9 Å². The van der Waals surface area contributed by atoms with Gasteiger partial charge in [-0.2, -0.15) is 0 Å². The third-order valence-corrected chi connectivity index (χ3v) is 3.39. The van der Waals surface area contributed by atoms with Crippen molar-refractivity contribution in [2.45, 2.75) is 6.92 Å². The van der Waals surface area contributed by atoms with Crippen LogP contribution in [0.5, 0.6) is 0 Å². The average molecular weight is 270 g/mol. The van der Waals surface area contributed by atoms with Crippen molar-refractivity contribution in [2.75, 3.05) is 12.3 Å². The van der Waals surface area contributed by atoms with Crippen LogP contribution in [0.4, 0.5) is 0 Å². The van der Waals surface area contributed by atoms with Crippen LogP contribution in [0.1, 0.15) is 17.3 Å². The SMILES string of the molecule is CCS(=O)(=O)NC(=O)CNC(=O)c1ccccc1. The fraction of sp³-hybridized carbons (Fsp3) is 0.273. The standard InChI is InChI=1S/C11H14N2O4S/c1-2-18(16,17)13-10(14)8-12-11(15)9-6-4-3-5-7-9/h3-7H,2,8H2,1H3,(H,12,15)(H,13,14). The highest BCUT2D eigenvalue weighted by Crippen LogP contribution is 1.97. The molecule has 2 N–H and O–H groups in total. The van der Waals surface area contributed by atoms with Crippen LogP contribution in [0, 0.1) is 0 Å². The number of amides is 2. The molecule has 1 aromatic carbocycles. The maximum absolute atomic E-state index is 11.5. The first kappa shape index (κ1) is 14.2. The Morgan fingerprint density at radius 3 is 2.33 bits per heavy atom. The summed E-state index contributed by atoms with van der Waals surface area (Å²) < 4.78 is 24.0. The molecule has 0 bridgehead atoms. The van der Waals surface area contributed by atoms with E-state index < -0.39 is 21.8 Å². The molecule has 0 aromatic heterocycles. The number of hydrogen-bond donors (Lipinski definition) is 2. The Labute approximate surface area is 105 Å². The van der Waals surface area contributed by atoms with E-state index in [9.17, 15) is 18.0 Å². The molecule has 18 heavy (non-hydrogen) atoms. The van der Waals surface area contributed by atoms with Crippen LogP contribution in [0.2, 0.25) is 0 Å². The molecule has 0 aliphatic heterocycles. The monoisotopic (exact) mass is 270 g/mol. The zero-order chi connectivity index (χ0) is 13.6. The summed E-state index contributed by atoms with van der Waals surface area (Å²) in [6, 6.07) is 8.33. The summed E-state index contributed by atoms with van der Waals surface area (Å²) in [6.07, 6.45) is 0. The molecule has 0 aliphatic rings. The van der Waals surface area contributed by atoms with Gasteiger partial charge >= 0.3 is 0 Å². The summed E-state index contributed by atoms with van der Waals surface area (Å²) in [5.41, 5.74) is 0.406. The van der Waals surface area contributed by atoms with Gasteiger partial charge in [-0.25, -0.2) is 8.42 Å². The number of benzene rings is 1. The molecule has 7 heteroatoms. The van der Waals surface area contributed by atoms with Gasteiger partial charge in [-0.05, 0) is 19.1 Å². The van der Waals surface area contributed by atoms with Gasteiger partial charge in [0.2, 0.25) is 10.0 Å². The lowest BCUT2D eigenvalue weighted by molar-refractivity contribution is -0.118. The fourth-order valence-electron chi connectivity index (χ4n) is 1.13. The minimum Gasteiger partial charge on any atom is -0.343 e. The highest BCUT2D eigenvalue weighted by Gasteiger charge is 2.13. The Balaban J connectivity index is 2.47. The molecule has 6 nitrogen and oxygen atoms in total. The average Bonchev–Trinajstić information content (AvgIpc) is 2.36. The zero-order valence-electron chi connectivity index (χ0n) is 9.84. The maximum Gasteiger partial charge on any atom is 0.252 e. The van der Waals surface area contributed by atoms with Gasteiger partial charge in [-0.3, -0.25) is 14.3 Å².